The molecule has 1 saturated heterocycles. The SMILES string of the molecule is CC1(C(=O)c2ccc(OC3CC3)cc2)CCNC1. The predicted octanol–water partition coefficient (Wildman–Crippen LogP) is 2.41. The average Bonchev–Trinajstić information content (AvgIpc) is 3.09. The van der Waals surface area contributed by atoms with E-state index in [1.165, 1.54) is 0 Å². The van der Waals surface area contributed by atoms with Crippen LogP contribution >= 0.6 is 0 Å². The molecule has 3 heteroatoms. The van der Waals surface area contributed by atoms with Gasteiger partial charge in [-0.15, -0.1) is 0 Å². The summed E-state index contributed by atoms with van der Waals surface area (Å²) < 4.78 is 5.69. The third kappa shape index (κ3) is 2.27. The fraction of sp³-hybridized carbons (Fsp3) is 0.533. The van der Waals surface area contributed by atoms with Crippen LogP contribution in [0, 0.1) is 5.41 Å². The van der Waals surface area contributed by atoms with Crippen LogP contribution in [0.25, 0.3) is 0 Å². The molecule has 1 atom stereocenters. The van der Waals surface area contributed by atoms with Crippen molar-refractivity contribution in [2.24, 2.45) is 5.41 Å². The van der Waals surface area contributed by atoms with E-state index in [2.05, 4.69) is 5.32 Å². The van der Waals surface area contributed by atoms with Gasteiger partial charge in [-0.1, -0.05) is 6.92 Å². The van der Waals surface area contributed by atoms with Crippen molar-refractivity contribution in [2.75, 3.05) is 13.1 Å². The summed E-state index contributed by atoms with van der Waals surface area (Å²) in [6.07, 6.45) is 3.64. The van der Waals surface area contributed by atoms with Gasteiger partial charge in [0.05, 0.1) is 6.10 Å². The molecule has 96 valence electrons. The summed E-state index contributed by atoms with van der Waals surface area (Å²) >= 11 is 0. The maximum atomic E-state index is 12.4. The molecule has 3 rings (SSSR count). The number of carbonyl (C=O) groups is 1. The molecular formula is C15H19NO2. The first kappa shape index (κ1) is 11.7. The highest BCUT2D eigenvalue weighted by molar-refractivity contribution is 6.00. The predicted molar refractivity (Wildman–Crippen MR) is 70.0 cm³/mol. The van der Waals surface area contributed by atoms with E-state index in [1.807, 2.05) is 31.2 Å². The van der Waals surface area contributed by atoms with Gasteiger partial charge < -0.3 is 10.1 Å². The van der Waals surface area contributed by atoms with E-state index in [4.69, 9.17) is 4.74 Å². The normalized spacial score (nSPS) is 27.2. The van der Waals surface area contributed by atoms with Crippen LogP contribution in [-0.4, -0.2) is 25.0 Å². The Hall–Kier alpha value is -1.35. The second-order valence-corrected chi connectivity index (χ2v) is 5.66. The molecule has 0 radical (unpaired) electrons. The molecule has 1 N–H and O–H groups in total. The van der Waals surface area contributed by atoms with Gasteiger partial charge in [0, 0.05) is 17.5 Å². The fourth-order valence-electron chi connectivity index (χ4n) is 2.42. The van der Waals surface area contributed by atoms with E-state index in [1.54, 1.807) is 0 Å². The summed E-state index contributed by atoms with van der Waals surface area (Å²) in [4.78, 5) is 12.4. The Morgan fingerprint density at radius 3 is 2.61 bits per heavy atom. The van der Waals surface area contributed by atoms with Crippen LogP contribution in [0.3, 0.4) is 0 Å². The third-order valence-electron chi connectivity index (χ3n) is 3.86. The van der Waals surface area contributed by atoms with Gasteiger partial charge in [-0.2, -0.15) is 0 Å². The number of carbonyl (C=O) groups excluding carboxylic acids is 1. The molecule has 18 heavy (non-hydrogen) atoms. The summed E-state index contributed by atoms with van der Waals surface area (Å²) in [5.74, 6) is 1.12. The summed E-state index contributed by atoms with van der Waals surface area (Å²) in [5.41, 5.74) is 0.558. The van der Waals surface area contributed by atoms with Gasteiger partial charge in [0.2, 0.25) is 0 Å². The molecular weight excluding hydrogens is 226 g/mol. The van der Waals surface area contributed by atoms with Crippen molar-refractivity contribution in [3.63, 3.8) is 0 Å². The van der Waals surface area contributed by atoms with Crippen molar-refractivity contribution < 1.29 is 9.53 Å². The molecule has 0 spiro atoms. The van der Waals surface area contributed by atoms with Crippen LogP contribution in [0.15, 0.2) is 24.3 Å². The monoisotopic (exact) mass is 245 g/mol. The number of ketones is 1. The molecule has 1 heterocycles. The molecule has 0 amide bonds. The molecule has 1 aromatic rings. The maximum absolute atomic E-state index is 12.4. The van der Waals surface area contributed by atoms with Crippen LogP contribution in [0.4, 0.5) is 0 Å². The standard InChI is InChI=1S/C15H19NO2/c1-15(8-9-16-10-15)14(17)11-2-4-12(5-3-11)18-13-6-7-13/h2-5,13,16H,6-10H2,1H3. The lowest BCUT2D eigenvalue weighted by Gasteiger charge is -2.20. The van der Waals surface area contributed by atoms with Gasteiger partial charge in [0.15, 0.2) is 5.78 Å². The molecule has 0 bridgehead atoms. The fourth-order valence-corrected chi connectivity index (χ4v) is 2.42. The first-order chi connectivity index (χ1) is 8.67. The zero-order chi connectivity index (χ0) is 12.6. The second-order valence-electron chi connectivity index (χ2n) is 5.66. The Bertz CT molecular complexity index is 442. The Balaban J connectivity index is 1.73. The Kier molecular flexibility index (Phi) is 2.86. The smallest absolute Gasteiger partial charge is 0.170 e. The van der Waals surface area contributed by atoms with Crippen LogP contribution in [0.1, 0.15) is 36.5 Å². The zero-order valence-corrected chi connectivity index (χ0v) is 10.7. The topological polar surface area (TPSA) is 38.3 Å². The highest BCUT2D eigenvalue weighted by atomic mass is 16.5. The van der Waals surface area contributed by atoms with Crippen molar-refractivity contribution in [2.45, 2.75) is 32.3 Å². The molecule has 0 aromatic heterocycles. The number of benzene rings is 1. The molecule has 1 aromatic carbocycles. The lowest BCUT2D eigenvalue weighted by atomic mass is 9.81. The van der Waals surface area contributed by atoms with E-state index in [-0.39, 0.29) is 11.2 Å². The van der Waals surface area contributed by atoms with E-state index in [0.29, 0.717) is 6.10 Å². The number of ether oxygens (including phenoxy) is 1. The van der Waals surface area contributed by atoms with Crippen molar-refractivity contribution in [3.05, 3.63) is 29.8 Å². The van der Waals surface area contributed by atoms with Crippen LogP contribution in [-0.2, 0) is 0 Å². The highest BCUT2D eigenvalue weighted by Gasteiger charge is 2.36. The van der Waals surface area contributed by atoms with Crippen LogP contribution in [0.2, 0.25) is 0 Å². The third-order valence-corrected chi connectivity index (χ3v) is 3.86. The second kappa shape index (κ2) is 4.39. The summed E-state index contributed by atoms with van der Waals surface area (Å²) in [5, 5.41) is 3.26. The molecule has 1 aliphatic heterocycles. The van der Waals surface area contributed by atoms with Gasteiger partial charge in [-0.3, -0.25) is 4.79 Å². The molecule has 3 nitrogen and oxygen atoms in total. The zero-order valence-electron chi connectivity index (χ0n) is 10.7. The quantitative estimate of drug-likeness (QED) is 0.828. The lowest BCUT2D eigenvalue weighted by molar-refractivity contribution is 0.0839. The van der Waals surface area contributed by atoms with E-state index in [9.17, 15) is 4.79 Å². The van der Waals surface area contributed by atoms with Crippen LogP contribution < -0.4 is 10.1 Å². The van der Waals surface area contributed by atoms with Crippen molar-refractivity contribution in [1.82, 2.24) is 5.32 Å². The first-order valence-electron chi connectivity index (χ1n) is 6.70. The van der Waals surface area contributed by atoms with Gasteiger partial charge in [-0.25, -0.2) is 0 Å². The van der Waals surface area contributed by atoms with Gasteiger partial charge in [-0.05, 0) is 50.1 Å². The number of hydrogen-bond acceptors (Lipinski definition) is 3. The minimum atomic E-state index is -0.237. The molecule has 2 fully saturated rings. The molecule has 1 saturated carbocycles. The molecule has 1 aliphatic carbocycles. The first-order valence-corrected chi connectivity index (χ1v) is 6.70. The summed E-state index contributed by atoms with van der Waals surface area (Å²) in [6, 6.07) is 7.61. The van der Waals surface area contributed by atoms with E-state index in [0.717, 1.165) is 43.7 Å². The summed E-state index contributed by atoms with van der Waals surface area (Å²) in [6.45, 7) is 3.77. The Labute approximate surface area is 108 Å². The average molecular weight is 245 g/mol. The van der Waals surface area contributed by atoms with E-state index < -0.39 is 0 Å². The van der Waals surface area contributed by atoms with Crippen molar-refractivity contribution in [3.8, 4) is 5.75 Å². The van der Waals surface area contributed by atoms with Crippen molar-refractivity contribution >= 4 is 5.78 Å². The van der Waals surface area contributed by atoms with Crippen molar-refractivity contribution in [1.29, 1.82) is 0 Å². The van der Waals surface area contributed by atoms with Crippen LogP contribution in [0.5, 0.6) is 5.75 Å². The summed E-state index contributed by atoms with van der Waals surface area (Å²) in [7, 11) is 0. The Morgan fingerprint density at radius 2 is 2.06 bits per heavy atom. The minimum absolute atomic E-state index is 0.237. The number of Topliss-reactive ketones (excluding diaryl/α,β-unsaturated/α-hetero) is 1. The lowest BCUT2D eigenvalue weighted by Crippen LogP contribution is -2.30. The largest absolute Gasteiger partial charge is 0.490 e. The van der Waals surface area contributed by atoms with Gasteiger partial charge in [0.1, 0.15) is 5.75 Å². The van der Waals surface area contributed by atoms with Gasteiger partial charge in [0.25, 0.3) is 0 Å². The molecule has 1 unspecified atom stereocenters. The number of rotatable bonds is 4. The van der Waals surface area contributed by atoms with Gasteiger partial charge >= 0.3 is 0 Å². The number of nitrogens with one attached hydrogen (secondary N) is 1. The maximum Gasteiger partial charge on any atom is 0.170 e. The van der Waals surface area contributed by atoms with E-state index >= 15 is 0 Å². The number of hydrogen-bond donors (Lipinski definition) is 1. The minimum Gasteiger partial charge on any atom is -0.490 e. The Morgan fingerprint density at radius 1 is 1.33 bits per heavy atom. The highest BCUT2D eigenvalue weighted by Crippen LogP contribution is 2.31. The molecule has 2 aliphatic rings.